The van der Waals surface area contributed by atoms with Gasteiger partial charge in [-0.3, -0.25) is 9.59 Å². The van der Waals surface area contributed by atoms with Gasteiger partial charge < -0.3 is 24.4 Å². The number of ketones is 1. The summed E-state index contributed by atoms with van der Waals surface area (Å²) in [6.07, 6.45) is 0. The first-order valence-electron chi connectivity index (χ1n) is 10.7. The van der Waals surface area contributed by atoms with Gasteiger partial charge in [0.1, 0.15) is 11.3 Å². The molecule has 0 aliphatic carbocycles. The normalized spacial score (nSPS) is 16.5. The Hall–Kier alpha value is -3.58. The van der Waals surface area contributed by atoms with Gasteiger partial charge in [-0.05, 0) is 42.9 Å². The van der Waals surface area contributed by atoms with Crippen LogP contribution in [-0.4, -0.2) is 57.9 Å². The highest BCUT2D eigenvalue weighted by Crippen LogP contribution is 2.40. The van der Waals surface area contributed by atoms with Crippen molar-refractivity contribution in [3.8, 4) is 5.75 Å². The van der Waals surface area contributed by atoms with Gasteiger partial charge in [-0.1, -0.05) is 44.2 Å². The number of likely N-dealkylation sites (N-methyl/N-ethyl adjacent to an activating group) is 1. The van der Waals surface area contributed by atoms with E-state index in [4.69, 9.17) is 4.42 Å². The van der Waals surface area contributed by atoms with E-state index >= 15 is 0 Å². The maximum absolute atomic E-state index is 13.5. The molecule has 0 saturated carbocycles. The van der Waals surface area contributed by atoms with E-state index in [1.54, 1.807) is 30.3 Å². The summed E-state index contributed by atoms with van der Waals surface area (Å²) in [4.78, 5) is 30.1. The number of fused-ring (bicyclic) bond motifs is 1. The predicted octanol–water partition coefficient (Wildman–Crippen LogP) is 4.06. The molecule has 2 aromatic carbocycles. The summed E-state index contributed by atoms with van der Waals surface area (Å²) in [5.41, 5.74) is 1.05. The average molecular weight is 434 g/mol. The number of nitrogens with zero attached hydrogens (tertiary/aromatic N) is 2. The van der Waals surface area contributed by atoms with Gasteiger partial charge in [0.05, 0.1) is 11.6 Å². The number of carbonyl (C=O) groups is 2. The van der Waals surface area contributed by atoms with Crippen LogP contribution in [0.3, 0.4) is 0 Å². The molecule has 0 saturated heterocycles. The van der Waals surface area contributed by atoms with Gasteiger partial charge in [-0.25, -0.2) is 0 Å². The van der Waals surface area contributed by atoms with Gasteiger partial charge in [0, 0.05) is 18.5 Å². The zero-order valence-corrected chi connectivity index (χ0v) is 18.1. The lowest BCUT2D eigenvalue weighted by atomic mass is 9.95. The lowest BCUT2D eigenvalue weighted by molar-refractivity contribution is -0.129. The number of Topliss-reactive ketones (excluding diaryl/α,β-unsaturated/α-hetero) is 1. The maximum atomic E-state index is 13.5. The van der Waals surface area contributed by atoms with Gasteiger partial charge in [0.2, 0.25) is 5.78 Å². The van der Waals surface area contributed by atoms with Crippen LogP contribution in [0.4, 0.5) is 0 Å². The van der Waals surface area contributed by atoms with Gasteiger partial charge in [0.15, 0.2) is 11.5 Å². The van der Waals surface area contributed by atoms with Crippen molar-refractivity contribution in [2.24, 2.45) is 0 Å². The predicted molar refractivity (Wildman–Crippen MR) is 121 cm³/mol. The van der Waals surface area contributed by atoms with Gasteiger partial charge in [-0.15, -0.1) is 0 Å². The molecule has 1 aliphatic heterocycles. The number of para-hydroxylation sites is 1. The standard InChI is InChI=1S/C25H26N2O5/c1-3-26(4-2)12-13-27-22(17-9-7-10-18(28)14-17)21(24(30)25(27)31)23(29)20-15-16-8-5-6-11-19(16)32-20/h5-11,14-15,22,28,30H,3-4,12-13H2,1-2H3. The molecule has 0 fully saturated rings. The van der Waals surface area contributed by atoms with Crippen LogP contribution < -0.4 is 0 Å². The highest BCUT2D eigenvalue weighted by atomic mass is 16.3. The Bertz CT molecular complexity index is 1160. The number of aliphatic hydroxyl groups excluding tert-OH is 1. The molecule has 7 nitrogen and oxygen atoms in total. The first-order valence-corrected chi connectivity index (χ1v) is 10.7. The molecule has 1 amide bonds. The number of benzene rings is 2. The number of furan rings is 1. The van der Waals surface area contributed by atoms with Crippen molar-refractivity contribution in [1.29, 1.82) is 0 Å². The third-order valence-corrected chi connectivity index (χ3v) is 5.94. The number of hydrogen-bond donors (Lipinski definition) is 2. The number of rotatable bonds is 8. The average Bonchev–Trinajstić information content (AvgIpc) is 3.34. The van der Waals surface area contributed by atoms with E-state index in [0.29, 0.717) is 24.2 Å². The summed E-state index contributed by atoms with van der Waals surface area (Å²) in [5, 5.41) is 21.6. The Kier molecular flexibility index (Phi) is 6.01. The van der Waals surface area contributed by atoms with Crippen LogP contribution >= 0.6 is 0 Å². The lowest BCUT2D eigenvalue weighted by Gasteiger charge is -2.29. The molecular formula is C25H26N2O5. The molecule has 0 radical (unpaired) electrons. The molecule has 0 bridgehead atoms. The van der Waals surface area contributed by atoms with Crippen LogP contribution in [0.1, 0.15) is 36.0 Å². The molecule has 2 N–H and O–H groups in total. The third kappa shape index (κ3) is 3.87. The minimum absolute atomic E-state index is 0.0144. The molecule has 0 spiro atoms. The van der Waals surface area contributed by atoms with Crippen LogP contribution in [0.2, 0.25) is 0 Å². The molecule has 2 heterocycles. The second-order valence-electron chi connectivity index (χ2n) is 7.76. The Balaban J connectivity index is 1.75. The Labute approximate surface area is 186 Å². The van der Waals surface area contributed by atoms with E-state index in [-0.39, 0.29) is 17.1 Å². The van der Waals surface area contributed by atoms with Gasteiger partial charge >= 0.3 is 0 Å². The largest absolute Gasteiger partial charge is 0.508 e. The molecule has 7 heteroatoms. The molecule has 1 aromatic heterocycles. The van der Waals surface area contributed by atoms with Crippen LogP contribution in [-0.2, 0) is 4.79 Å². The zero-order chi connectivity index (χ0) is 22.8. The number of aromatic hydroxyl groups is 1. The highest BCUT2D eigenvalue weighted by molar-refractivity contribution is 6.16. The van der Waals surface area contributed by atoms with Crippen LogP contribution in [0.5, 0.6) is 5.75 Å². The number of amides is 1. The van der Waals surface area contributed by atoms with E-state index in [0.717, 1.165) is 18.5 Å². The van der Waals surface area contributed by atoms with Gasteiger partial charge in [0.25, 0.3) is 5.91 Å². The fourth-order valence-electron chi connectivity index (χ4n) is 4.17. The summed E-state index contributed by atoms with van der Waals surface area (Å²) >= 11 is 0. The first-order chi connectivity index (χ1) is 15.4. The molecule has 1 unspecified atom stereocenters. The summed E-state index contributed by atoms with van der Waals surface area (Å²) < 4.78 is 5.72. The molecular weight excluding hydrogens is 408 g/mol. The van der Waals surface area contributed by atoms with Crippen LogP contribution in [0.15, 0.2) is 70.3 Å². The lowest BCUT2D eigenvalue weighted by Crippen LogP contribution is -2.38. The van der Waals surface area contributed by atoms with E-state index in [1.165, 1.54) is 17.0 Å². The fourth-order valence-corrected chi connectivity index (χ4v) is 4.17. The van der Waals surface area contributed by atoms with Crippen molar-refractivity contribution in [3.05, 3.63) is 77.3 Å². The topological polar surface area (TPSA) is 94.2 Å². The number of hydrogen-bond acceptors (Lipinski definition) is 6. The van der Waals surface area contributed by atoms with Gasteiger partial charge in [-0.2, -0.15) is 0 Å². The summed E-state index contributed by atoms with van der Waals surface area (Å²) in [7, 11) is 0. The summed E-state index contributed by atoms with van der Waals surface area (Å²) in [5.74, 6) is -1.67. The van der Waals surface area contributed by atoms with Crippen molar-refractivity contribution in [3.63, 3.8) is 0 Å². The second kappa shape index (κ2) is 8.88. The summed E-state index contributed by atoms with van der Waals surface area (Å²) in [6, 6.07) is 14.4. The molecule has 166 valence electrons. The van der Waals surface area contributed by atoms with E-state index < -0.39 is 23.5 Å². The highest BCUT2D eigenvalue weighted by Gasteiger charge is 2.44. The third-order valence-electron chi connectivity index (χ3n) is 5.94. The van der Waals surface area contributed by atoms with E-state index in [9.17, 15) is 19.8 Å². The SMILES string of the molecule is CCN(CC)CCN1C(=O)C(O)=C(C(=O)c2cc3ccccc3o2)C1c1cccc(O)c1. The van der Waals surface area contributed by atoms with E-state index in [2.05, 4.69) is 4.90 Å². The van der Waals surface area contributed by atoms with Crippen molar-refractivity contribution in [2.45, 2.75) is 19.9 Å². The number of aliphatic hydroxyl groups is 1. The molecule has 1 aliphatic rings. The second-order valence-corrected chi connectivity index (χ2v) is 7.76. The molecule has 1 atom stereocenters. The van der Waals surface area contributed by atoms with E-state index in [1.807, 2.05) is 26.0 Å². The Morgan fingerprint density at radius 2 is 1.81 bits per heavy atom. The minimum Gasteiger partial charge on any atom is -0.508 e. The van der Waals surface area contributed by atoms with Crippen LogP contribution in [0, 0.1) is 0 Å². The molecule has 3 aromatic rings. The Morgan fingerprint density at radius 3 is 2.50 bits per heavy atom. The van der Waals surface area contributed by atoms with Crippen molar-refractivity contribution < 1.29 is 24.2 Å². The zero-order valence-electron chi connectivity index (χ0n) is 18.1. The quantitative estimate of drug-likeness (QED) is 0.520. The van der Waals surface area contributed by atoms with Crippen LogP contribution in [0.25, 0.3) is 11.0 Å². The smallest absolute Gasteiger partial charge is 0.290 e. The maximum Gasteiger partial charge on any atom is 0.290 e. The number of carbonyl (C=O) groups excluding carboxylic acids is 2. The minimum atomic E-state index is -0.828. The number of phenols is 1. The molecule has 32 heavy (non-hydrogen) atoms. The fraction of sp³-hybridized carbons (Fsp3) is 0.280. The van der Waals surface area contributed by atoms with Crippen molar-refractivity contribution in [2.75, 3.05) is 26.2 Å². The molecule has 4 rings (SSSR count). The monoisotopic (exact) mass is 434 g/mol. The summed E-state index contributed by atoms with van der Waals surface area (Å²) in [6.45, 7) is 6.62. The van der Waals surface area contributed by atoms with Crippen molar-refractivity contribution >= 4 is 22.7 Å². The van der Waals surface area contributed by atoms with Crippen molar-refractivity contribution in [1.82, 2.24) is 9.80 Å². The first kappa shape index (κ1) is 21.6. The number of phenolic OH excluding ortho intramolecular Hbond substituents is 1. The Morgan fingerprint density at radius 1 is 1.06 bits per heavy atom.